The number of anilines is 1. The first-order chi connectivity index (χ1) is 14.6. The number of carbonyl (C=O) groups excluding carboxylic acids is 1. The largest absolute Gasteiger partial charge is 0.319 e. The summed E-state index contributed by atoms with van der Waals surface area (Å²) in [4.78, 5) is 17.4. The van der Waals surface area contributed by atoms with E-state index in [0.717, 1.165) is 23.2 Å². The van der Waals surface area contributed by atoms with Crippen LogP contribution in [0, 0.1) is 6.92 Å². The molecular formula is C24H21ClN4O. The van der Waals surface area contributed by atoms with Crippen LogP contribution >= 0.6 is 11.6 Å². The smallest absolute Gasteiger partial charge is 0.295 e. The minimum atomic E-state index is -0.366. The van der Waals surface area contributed by atoms with E-state index in [1.807, 2.05) is 79.7 Å². The summed E-state index contributed by atoms with van der Waals surface area (Å²) in [7, 11) is 0. The zero-order chi connectivity index (χ0) is 21.1. The third-order valence-electron chi connectivity index (χ3n) is 4.93. The molecule has 1 amide bonds. The number of rotatable bonds is 5. The van der Waals surface area contributed by atoms with Gasteiger partial charge in [-0.05, 0) is 48.7 Å². The van der Waals surface area contributed by atoms with Crippen molar-refractivity contribution in [3.05, 3.63) is 94.8 Å². The first-order valence-corrected chi connectivity index (χ1v) is 10.1. The van der Waals surface area contributed by atoms with Crippen LogP contribution in [-0.2, 0) is 6.42 Å². The van der Waals surface area contributed by atoms with E-state index in [0.29, 0.717) is 16.5 Å². The van der Waals surface area contributed by atoms with Gasteiger partial charge in [-0.15, -0.1) is 5.10 Å². The predicted molar refractivity (Wildman–Crippen MR) is 120 cm³/mol. The Balaban J connectivity index is 1.75. The number of carbonyl (C=O) groups is 1. The first-order valence-electron chi connectivity index (χ1n) is 9.75. The highest BCUT2D eigenvalue weighted by Gasteiger charge is 2.20. The standard InChI is InChI=1S/C24H21ClN4O/c1-3-17-12-14-19(15-13-17)26-24(30)22-27-23(18-8-5-4-6-9-18)29(28-22)21-11-7-10-20(25)16(21)2/h4-15H,3H2,1-2H3,(H,26,30). The zero-order valence-electron chi connectivity index (χ0n) is 16.8. The van der Waals surface area contributed by atoms with Gasteiger partial charge in [-0.1, -0.05) is 67.1 Å². The van der Waals surface area contributed by atoms with Crippen LogP contribution in [0.4, 0.5) is 5.69 Å². The van der Waals surface area contributed by atoms with Crippen molar-refractivity contribution in [3.63, 3.8) is 0 Å². The van der Waals surface area contributed by atoms with Crippen LogP contribution in [0.1, 0.15) is 28.7 Å². The molecule has 0 spiro atoms. The van der Waals surface area contributed by atoms with Crippen molar-refractivity contribution in [2.75, 3.05) is 5.32 Å². The summed E-state index contributed by atoms with van der Waals surface area (Å²) in [5.41, 5.74) is 4.41. The lowest BCUT2D eigenvalue weighted by molar-refractivity contribution is 0.101. The summed E-state index contributed by atoms with van der Waals surface area (Å²) in [6.45, 7) is 4.01. The second-order valence-corrected chi connectivity index (χ2v) is 7.33. The van der Waals surface area contributed by atoms with Gasteiger partial charge < -0.3 is 5.32 Å². The van der Waals surface area contributed by atoms with Crippen molar-refractivity contribution in [1.82, 2.24) is 14.8 Å². The lowest BCUT2D eigenvalue weighted by atomic mass is 10.1. The number of nitrogens with one attached hydrogen (secondary N) is 1. The highest BCUT2D eigenvalue weighted by Crippen LogP contribution is 2.27. The third kappa shape index (κ3) is 3.98. The summed E-state index contributed by atoms with van der Waals surface area (Å²) in [5, 5.41) is 8.03. The Morgan fingerprint density at radius 1 is 1.00 bits per heavy atom. The van der Waals surface area contributed by atoms with E-state index in [2.05, 4.69) is 22.3 Å². The molecule has 4 aromatic rings. The van der Waals surface area contributed by atoms with Crippen molar-refractivity contribution in [2.24, 2.45) is 0 Å². The molecule has 150 valence electrons. The van der Waals surface area contributed by atoms with E-state index in [-0.39, 0.29) is 11.7 Å². The van der Waals surface area contributed by atoms with Gasteiger partial charge >= 0.3 is 0 Å². The molecule has 0 radical (unpaired) electrons. The molecule has 0 atom stereocenters. The van der Waals surface area contributed by atoms with Crippen LogP contribution < -0.4 is 5.32 Å². The van der Waals surface area contributed by atoms with Crippen LogP contribution in [0.3, 0.4) is 0 Å². The Bertz CT molecular complexity index is 1180. The maximum Gasteiger partial charge on any atom is 0.295 e. The number of amides is 1. The molecule has 0 aliphatic heterocycles. The highest BCUT2D eigenvalue weighted by atomic mass is 35.5. The van der Waals surface area contributed by atoms with Crippen molar-refractivity contribution in [2.45, 2.75) is 20.3 Å². The molecule has 0 fully saturated rings. The molecule has 0 saturated heterocycles. The number of hydrogen-bond acceptors (Lipinski definition) is 3. The van der Waals surface area contributed by atoms with Gasteiger partial charge in [-0.2, -0.15) is 0 Å². The molecule has 4 rings (SSSR count). The average molecular weight is 417 g/mol. The molecular weight excluding hydrogens is 396 g/mol. The predicted octanol–water partition coefficient (Wildman–Crippen LogP) is 5.71. The zero-order valence-corrected chi connectivity index (χ0v) is 17.5. The number of nitrogens with zero attached hydrogens (tertiary/aromatic N) is 3. The molecule has 0 saturated carbocycles. The van der Waals surface area contributed by atoms with Crippen LogP contribution in [0.25, 0.3) is 17.1 Å². The van der Waals surface area contributed by atoms with Crippen molar-refractivity contribution in [1.29, 1.82) is 0 Å². The molecule has 1 aromatic heterocycles. The molecule has 3 aromatic carbocycles. The van der Waals surface area contributed by atoms with Crippen molar-refractivity contribution < 1.29 is 4.79 Å². The van der Waals surface area contributed by atoms with E-state index < -0.39 is 0 Å². The normalized spacial score (nSPS) is 10.8. The Hall–Kier alpha value is -3.44. The number of hydrogen-bond donors (Lipinski definition) is 1. The van der Waals surface area contributed by atoms with Gasteiger partial charge in [0.1, 0.15) is 0 Å². The van der Waals surface area contributed by atoms with Gasteiger partial charge in [-0.3, -0.25) is 4.79 Å². The lowest BCUT2D eigenvalue weighted by Gasteiger charge is -2.10. The summed E-state index contributed by atoms with van der Waals surface area (Å²) in [6.07, 6.45) is 0.944. The van der Waals surface area contributed by atoms with Gasteiger partial charge in [0.2, 0.25) is 5.82 Å². The summed E-state index contributed by atoms with van der Waals surface area (Å²) < 4.78 is 1.67. The Morgan fingerprint density at radius 3 is 2.43 bits per heavy atom. The minimum Gasteiger partial charge on any atom is -0.319 e. The fourth-order valence-corrected chi connectivity index (χ4v) is 3.36. The fourth-order valence-electron chi connectivity index (χ4n) is 3.19. The van der Waals surface area contributed by atoms with Gasteiger partial charge in [0.15, 0.2) is 5.82 Å². The monoisotopic (exact) mass is 416 g/mol. The van der Waals surface area contributed by atoms with Crippen LogP contribution in [0.15, 0.2) is 72.8 Å². The van der Waals surface area contributed by atoms with E-state index >= 15 is 0 Å². The molecule has 0 aliphatic rings. The molecule has 30 heavy (non-hydrogen) atoms. The topological polar surface area (TPSA) is 59.8 Å². The first kappa shape index (κ1) is 19.9. The van der Waals surface area contributed by atoms with E-state index in [9.17, 15) is 4.79 Å². The summed E-state index contributed by atoms with van der Waals surface area (Å²) >= 11 is 6.32. The Morgan fingerprint density at radius 2 is 1.73 bits per heavy atom. The number of benzene rings is 3. The minimum absolute atomic E-state index is 0.0906. The van der Waals surface area contributed by atoms with E-state index in [1.54, 1.807) is 4.68 Å². The molecule has 5 nitrogen and oxygen atoms in total. The van der Waals surface area contributed by atoms with Crippen LogP contribution in [-0.4, -0.2) is 20.7 Å². The van der Waals surface area contributed by atoms with Crippen molar-refractivity contribution in [3.8, 4) is 17.1 Å². The summed E-state index contributed by atoms with van der Waals surface area (Å²) in [6, 6.07) is 23.0. The van der Waals surface area contributed by atoms with Gasteiger partial charge in [0, 0.05) is 16.3 Å². The van der Waals surface area contributed by atoms with Crippen LogP contribution in [0.5, 0.6) is 0 Å². The van der Waals surface area contributed by atoms with Gasteiger partial charge in [0.25, 0.3) is 5.91 Å². The Labute approximate surface area is 180 Å². The van der Waals surface area contributed by atoms with Gasteiger partial charge in [0.05, 0.1) is 5.69 Å². The molecule has 1 heterocycles. The highest BCUT2D eigenvalue weighted by molar-refractivity contribution is 6.31. The Kier molecular flexibility index (Phi) is 5.63. The maximum atomic E-state index is 12.9. The van der Waals surface area contributed by atoms with Gasteiger partial charge in [-0.25, -0.2) is 9.67 Å². The molecule has 1 N–H and O–H groups in total. The van der Waals surface area contributed by atoms with Crippen molar-refractivity contribution >= 4 is 23.2 Å². The SMILES string of the molecule is CCc1ccc(NC(=O)c2nc(-c3ccccc3)n(-c3cccc(Cl)c3C)n2)cc1. The van der Waals surface area contributed by atoms with Crippen LogP contribution in [0.2, 0.25) is 5.02 Å². The molecule has 0 aliphatic carbocycles. The van der Waals surface area contributed by atoms with E-state index in [4.69, 9.17) is 11.6 Å². The second-order valence-electron chi connectivity index (χ2n) is 6.93. The number of halogens is 1. The average Bonchev–Trinajstić information content (AvgIpc) is 3.22. The molecule has 0 unspecified atom stereocenters. The molecule has 0 bridgehead atoms. The number of aryl methyl sites for hydroxylation is 1. The number of aromatic nitrogens is 3. The molecule has 6 heteroatoms. The third-order valence-corrected chi connectivity index (χ3v) is 5.34. The second kappa shape index (κ2) is 8.51. The summed E-state index contributed by atoms with van der Waals surface area (Å²) in [5.74, 6) is 0.301. The fraction of sp³-hybridized carbons (Fsp3) is 0.125. The quantitative estimate of drug-likeness (QED) is 0.453. The maximum absolute atomic E-state index is 12.9. The lowest BCUT2D eigenvalue weighted by Crippen LogP contribution is -2.14. The van der Waals surface area contributed by atoms with E-state index in [1.165, 1.54) is 5.56 Å².